The first-order valence-corrected chi connectivity index (χ1v) is 10.6. The second kappa shape index (κ2) is 8.63. The molecule has 3 aromatic heterocycles. The summed E-state index contributed by atoms with van der Waals surface area (Å²) < 4.78 is 6.21. The van der Waals surface area contributed by atoms with Crippen molar-refractivity contribution in [3.05, 3.63) is 99.4 Å². The molecule has 1 atom stereocenters. The standard InChI is InChI=1S/C22H18BrN3O2S/c1-14-12-17(22(29-14)26-21(27)18-8-5-11-28-18)20(15-6-4-7-16(23)13-15)25-19-9-2-3-10-24-19/h2-13,20H,1H3,(H,24,25)(H,26,27)/t20-/m0/s1. The lowest BCUT2D eigenvalue weighted by atomic mass is 10.00. The number of aryl methyl sites for hydroxylation is 1. The van der Waals surface area contributed by atoms with Crippen LogP contribution in [0.4, 0.5) is 10.8 Å². The number of amides is 1. The van der Waals surface area contributed by atoms with Gasteiger partial charge >= 0.3 is 0 Å². The van der Waals surface area contributed by atoms with E-state index in [9.17, 15) is 4.79 Å². The Labute approximate surface area is 180 Å². The number of thiophene rings is 1. The maximum absolute atomic E-state index is 12.6. The Hall–Kier alpha value is -2.90. The van der Waals surface area contributed by atoms with E-state index in [-0.39, 0.29) is 17.7 Å². The summed E-state index contributed by atoms with van der Waals surface area (Å²) in [7, 11) is 0. The van der Waals surface area contributed by atoms with Crippen LogP contribution in [-0.4, -0.2) is 10.9 Å². The Morgan fingerprint density at radius 3 is 2.76 bits per heavy atom. The Kier molecular flexibility index (Phi) is 5.78. The molecule has 0 spiro atoms. The molecule has 0 unspecified atom stereocenters. The molecule has 4 rings (SSSR count). The second-order valence-electron chi connectivity index (χ2n) is 6.42. The van der Waals surface area contributed by atoms with Crippen molar-refractivity contribution in [3.8, 4) is 0 Å². The summed E-state index contributed by atoms with van der Waals surface area (Å²) in [5, 5.41) is 7.27. The van der Waals surface area contributed by atoms with Gasteiger partial charge in [0.25, 0.3) is 5.91 Å². The lowest BCUT2D eigenvalue weighted by Gasteiger charge is -2.21. The largest absolute Gasteiger partial charge is 0.459 e. The van der Waals surface area contributed by atoms with E-state index in [1.165, 1.54) is 17.6 Å². The van der Waals surface area contributed by atoms with Crippen molar-refractivity contribution in [1.82, 2.24) is 4.98 Å². The minimum atomic E-state index is -0.274. The first-order valence-electron chi connectivity index (χ1n) is 8.98. The van der Waals surface area contributed by atoms with Gasteiger partial charge in [0.1, 0.15) is 10.8 Å². The first-order chi connectivity index (χ1) is 14.1. The topological polar surface area (TPSA) is 67.2 Å². The Morgan fingerprint density at radius 1 is 1.14 bits per heavy atom. The van der Waals surface area contributed by atoms with Crippen molar-refractivity contribution < 1.29 is 9.21 Å². The van der Waals surface area contributed by atoms with E-state index < -0.39 is 0 Å². The summed E-state index contributed by atoms with van der Waals surface area (Å²) >= 11 is 5.09. The van der Waals surface area contributed by atoms with Crippen LogP contribution in [0.2, 0.25) is 0 Å². The van der Waals surface area contributed by atoms with Gasteiger partial charge in [-0.3, -0.25) is 4.79 Å². The predicted octanol–water partition coefficient (Wildman–Crippen LogP) is 6.26. The zero-order valence-corrected chi connectivity index (χ0v) is 18.0. The van der Waals surface area contributed by atoms with Crippen molar-refractivity contribution in [1.29, 1.82) is 0 Å². The number of anilines is 2. The van der Waals surface area contributed by atoms with E-state index in [1.54, 1.807) is 18.3 Å². The van der Waals surface area contributed by atoms with E-state index in [0.717, 1.165) is 31.3 Å². The maximum Gasteiger partial charge on any atom is 0.291 e. The SMILES string of the molecule is Cc1cc([C@@H](Nc2ccccn2)c2cccc(Br)c2)c(NC(=O)c2ccco2)s1. The van der Waals surface area contributed by atoms with E-state index in [2.05, 4.69) is 49.7 Å². The number of furan rings is 1. The van der Waals surface area contributed by atoms with Crippen molar-refractivity contribution in [2.45, 2.75) is 13.0 Å². The van der Waals surface area contributed by atoms with Crippen LogP contribution in [-0.2, 0) is 0 Å². The fourth-order valence-corrected chi connectivity index (χ4v) is 4.40. The molecule has 7 heteroatoms. The third-order valence-electron chi connectivity index (χ3n) is 4.31. The molecular formula is C22H18BrN3O2S. The van der Waals surface area contributed by atoms with Gasteiger partial charge in [-0.1, -0.05) is 34.1 Å². The minimum absolute atomic E-state index is 0.195. The van der Waals surface area contributed by atoms with Crippen LogP contribution in [0, 0.1) is 6.92 Å². The number of nitrogens with one attached hydrogen (secondary N) is 2. The molecule has 0 saturated heterocycles. The summed E-state index contributed by atoms with van der Waals surface area (Å²) in [5.41, 5.74) is 2.02. The van der Waals surface area contributed by atoms with E-state index in [4.69, 9.17) is 4.42 Å². The van der Waals surface area contributed by atoms with Crippen molar-refractivity contribution in [2.24, 2.45) is 0 Å². The summed E-state index contributed by atoms with van der Waals surface area (Å²) in [4.78, 5) is 18.1. The van der Waals surface area contributed by atoms with Crippen LogP contribution in [0.1, 0.15) is 32.6 Å². The van der Waals surface area contributed by atoms with Gasteiger partial charge in [-0.15, -0.1) is 11.3 Å². The number of hydrogen-bond donors (Lipinski definition) is 2. The molecule has 0 saturated carbocycles. The molecule has 2 N–H and O–H groups in total. The third kappa shape index (κ3) is 4.58. The summed E-state index contributed by atoms with van der Waals surface area (Å²) in [6.45, 7) is 2.02. The zero-order chi connectivity index (χ0) is 20.2. The van der Waals surface area contributed by atoms with Gasteiger partial charge in [-0.05, 0) is 55.0 Å². The lowest BCUT2D eigenvalue weighted by molar-refractivity contribution is 0.0997. The highest BCUT2D eigenvalue weighted by Gasteiger charge is 2.23. The van der Waals surface area contributed by atoms with E-state index >= 15 is 0 Å². The van der Waals surface area contributed by atoms with Gasteiger partial charge < -0.3 is 15.1 Å². The molecule has 0 aliphatic carbocycles. The van der Waals surface area contributed by atoms with Gasteiger partial charge in [-0.25, -0.2) is 4.98 Å². The quantitative estimate of drug-likeness (QED) is 0.351. The second-order valence-corrected chi connectivity index (χ2v) is 8.59. The van der Waals surface area contributed by atoms with Crippen LogP contribution >= 0.6 is 27.3 Å². The molecule has 3 heterocycles. The van der Waals surface area contributed by atoms with E-state index in [1.807, 2.05) is 37.3 Å². The number of pyridine rings is 1. The van der Waals surface area contributed by atoms with Gasteiger partial charge in [0.15, 0.2) is 5.76 Å². The molecule has 4 aromatic rings. The van der Waals surface area contributed by atoms with E-state index in [0.29, 0.717) is 0 Å². The normalized spacial score (nSPS) is 11.8. The molecule has 1 aromatic carbocycles. The first kappa shape index (κ1) is 19.4. The van der Waals surface area contributed by atoms with Gasteiger partial charge in [-0.2, -0.15) is 0 Å². The molecule has 0 aliphatic heterocycles. The van der Waals surface area contributed by atoms with Gasteiger partial charge in [0.2, 0.25) is 0 Å². The minimum Gasteiger partial charge on any atom is -0.459 e. The smallest absolute Gasteiger partial charge is 0.291 e. The molecule has 0 aliphatic rings. The highest BCUT2D eigenvalue weighted by Crippen LogP contribution is 2.38. The molecule has 0 fully saturated rings. The molecular weight excluding hydrogens is 450 g/mol. The predicted molar refractivity (Wildman–Crippen MR) is 120 cm³/mol. The van der Waals surface area contributed by atoms with Crippen LogP contribution in [0.5, 0.6) is 0 Å². The molecule has 5 nitrogen and oxygen atoms in total. The number of hydrogen-bond acceptors (Lipinski definition) is 5. The average molecular weight is 468 g/mol. The molecule has 1 amide bonds. The summed E-state index contributed by atoms with van der Waals surface area (Å²) in [6, 6.07) is 19.1. The Bertz CT molecular complexity index is 1110. The van der Waals surface area contributed by atoms with Crippen LogP contribution in [0.25, 0.3) is 0 Å². The van der Waals surface area contributed by atoms with Crippen molar-refractivity contribution in [3.63, 3.8) is 0 Å². The van der Waals surface area contributed by atoms with Crippen LogP contribution < -0.4 is 10.6 Å². The van der Waals surface area contributed by atoms with Gasteiger partial charge in [0, 0.05) is 21.1 Å². The van der Waals surface area contributed by atoms with Gasteiger partial charge in [0.05, 0.1) is 12.3 Å². The molecule has 146 valence electrons. The number of nitrogens with zero attached hydrogens (tertiary/aromatic N) is 1. The average Bonchev–Trinajstić information content (AvgIpc) is 3.37. The van der Waals surface area contributed by atoms with Crippen molar-refractivity contribution in [2.75, 3.05) is 10.6 Å². The fraction of sp³-hybridized carbons (Fsp3) is 0.0909. The number of halogens is 1. The van der Waals surface area contributed by atoms with Crippen LogP contribution in [0.15, 0.2) is 82.0 Å². The Balaban J connectivity index is 1.73. The molecule has 0 bridgehead atoms. The zero-order valence-electron chi connectivity index (χ0n) is 15.6. The molecule has 29 heavy (non-hydrogen) atoms. The molecule has 0 radical (unpaired) electrons. The highest BCUT2D eigenvalue weighted by atomic mass is 79.9. The summed E-state index contributed by atoms with van der Waals surface area (Å²) in [5.74, 6) is 0.757. The Morgan fingerprint density at radius 2 is 2.03 bits per heavy atom. The number of rotatable bonds is 6. The highest BCUT2D eigenvalue weighted by molar-refractivity contribution is 9.10. The maximum atomic E-state index is 12.6. The number of benzene rings is 1. The summed E-state index contributed by atoms with van der Waals surface area (Å²) in [6.07, 6.45) is 3.24. The number of carbonyl (C=O) groups excluding carboxylic acids is 1. The van der Waals surface area contributed by atoms with Crippen molar-refractivity contribution >= 4 is 44.0 Å². The number of aromatic nitrogens is 1. The monoisotopic (exact) mass is 467 g/mol. The lowest BCUT2D eigenvalue weighted by Crippen LogP contribution is -2.16. The number of carbonyl (C=O) groups is 1. The third-order valence-corrected chi connectivity index (χ3v) is 5.78. The fourth-order valence-electron chi connectivity index (χ4n) is 3.04. The van der Waals surface area contributed by atoms with Crippen LogP contribution in [0.3, 0.4) is 0 Å².